The van der Waals surface area contributed by atoms with Crippen molar-refractivity contribution in [3.05, 3.63) is 11.1 Å². The quantitative estimate of drug-likeness (QED) is 0.778. The summed E-state index contributed by atoms with van der Waals surface area (Å²) >= 11 is 0. The van der Waals surface area contributed by atoms with Gasteiger partial charge in [0.25, 0.3) is 0 Å². The molecular weight excluding hydrogens is 368 g/mol. The van der Waals surface area contributed by atoms with Crippen LogP contribution in [0.3, 0.4) is 0 Å². The highest BCUT2D eigenvalue weighted by Crippen LogP contribution is 2.52. The van der Waals surface area contributed by atoms with Gasteiger partial charge in [0.05, 0.1) is 7.11 Å². The van der Waals surface area contributed by atoms with E-state index in [1.54, 1.807) is 18.5 Å². The largest absolute Gasteiger partial charge is 0.492 e. The SMILES string of the molecule is COc1c2c(c(S(=O)(=O)N(C)C3CCCCC3)c3c1OCO3)CCN(C)C2. The molecule has 0 saturated heterocycles. The van der Waals surface area contributed by atoms with Crippen molar-refractivity contribution in [1.82, 2.24) is 9.21 Å². The summed E-state index contributed by atoms with van der Waals surface area (Å²) in [5.74, 6) is 1.34. The second-order valence-corrected chi connectivity index (χ2v) is 9.62. The number of benzene rings is 1. The Labute approximate surface area is 161 Å². The Kier molecular flexibility index (Phi) is 4.98. The van der Waals surface area contributed by atoms with Gasteiger partial charge in [0, 0.05) is 31.7 Å². The van der Waals surface area contributed by atoms with Crippen LogP contribution < -0.4 is 14.2 Å². The third-order valence-electron chi connectivity index (χ3n) is 6.04. The van der Waals surface area contributed by atoms with Crippen LogP contribution in [0.15, 0.2) is 4.90 Å². The van der Waals surface area contributed by atoms with Crippen LogP contribution >= 0.6 is 0 Å². The minimum absolute atomic E-state index is 0.0140. The first-order chi connectivity index (χ1) is 12.9. The molecule has 0 atom stereocenters. The number of ether oxygens (including phenoxy) is 3. The van der Waals surface area contributed by atoms with Crippen molar-refractivity contribution < 1.29 is 22.6 Å². The highest BCUT2D eigenvalue weighted by atomic mass is 32.2. The number of fused-ring (bicyclic) bond motifs is 2. The summed E-state index contributed by atoms with van der Waals surface area (Å²) in [6, 6.07) is 0.0470. The molecular formula is C19H28N2O5S. The molecule has 2 aliphatic heterocycles. The van der Waals surface area contributed by atoms with E-state index < -0.39 is 10.0 Å². The van der Waals surface area contributed by atoms with Crippen LogP contribution in [0.2, 0.25) is 0 Å². The molecule has 8 heteroatoms. The number of hydrogen-bond donors (Lipinski definition) is 0. The lowest BCUT2D eigenvalue weighted by molar-refractivity contribution is 0.169. The van der Waals surface area contributed by atoms with Gasteiger partial charge in [0.15, 0.2) is 11.5 Å². The average molecular weight is 397 g/mol. The lowest BCUT2D eigenvalue weighted by atomic mass is 9.96. The van der Waals surface area contributed by atoms with E-state index in [0.29, 0.717) is 30.2 Å². The second kappa shape index (κ2) is 7.14. The Hall–Kier alpha value is -1.51. The molecule has 1 aliphatic carbocycles. The molecule has 0 bridgehead atoms. The van der Waals surface area contributed by atoms with Gasteiger partial charge in [-0.3, -0.25) is 0 Å². The number of sulfonamides is 1. The molecule has 150 valence electrons. The summed E-state index contributed by atoms with van der Waals surface area (Å²) in [4.78, 5) is 2.45. The van der Waals surface area contributed by atoms with Gasteiger partial charge >= 0.3 is 0 Å². The zero-order chi connectivity index (χ0) is 19.2. The summed E-state index contributed by atoms with van der Waals surface area (Å²) < 4.78 is 45.8. The van der Waals surface area contributed by atoms with Crippen LogP contribution in [0, 0.1) is 0 Å². The smallest absolute Gasteiger partial charge is 0.247 e. The fourth-order valence-corrected chi connectivity index (χ4v) is 6.33. The number of likely N-dealkylation sites (N-methyl/N-ethyl adjacent to an activating group) is 1. The van der Waals surface area contributed by atoms with E-state index in [1.807, 2.05) is 7.05 Å². The van der Waals surface area contributed by atoms with Gasteiger partial charge < -0.3 is 19.1 Å². The molecule has 27 heavy (non-hydrogen) atoms. The molecule has 1 fully saturated rings. The van der Waals surface area contributed by atoms with Crippen LogP contribution in [0.4, 0.5) is 0 Å². The minimum atomic E-state index is -3.69. The minimum Gasteiger partial charge on any atom is -0.492 e. The fourth-order valence-electron chi connectivity index (χ4n) is 4.52. The molecule has 0 radical (unpaired) electrons. The monoisotopic (exact) mass is 396 g/mol. The summed E-state index contributed by atoms with van der Waals surface area (Å²) in [5, 5.41) is 0. The number of rotatable bonds is 4. The Bertz CT molecular complexity index is 833. The van der Waals surface area contributed by atoms with E-state index in [9.17, 15) is 8.42 Å². The molecule has 0 spiro atoms. The van der Waals surface area contributed by atoms with Crippen molar-refractivity contribution in [2.75, 3.05) is 34.5 Å². The first-order valence-electron chi connectivity index (χ1n) is 9.63. The summed E-state index contributed by atoms with van der Waals surface area (Å²) in [5.41, 5.74) is 1.71. The molecule has 0 N–H and O–H groups in total. The van der Waals surface area contributed by atoms with Gasteiger partial charge in [0.1, 0.15) is 4.90 Å². The Morgan fingerprint density at radius 2 is 1.81 bits per heavy atom. The molecule has 2 heterocycles. The number of hydrogen-bond acceptors (Lipinski definition) is 6. The lowest BCUT2D eigenvalue weighted by Crippen LogP contribution is -2.39. The molecule has 1 saturated carbocycles. The van der Waals surface area contributed by atoms with Gasteiger partial charge in [-0.15, -0.1) is 0 Å². The maximum atomic E-state index is 13.7. The summed E-state index contributed by atoms with van der Waals surface area (Å²) in [7, 11) is 1.63. The molecule has 1 aromatic rings. The Morgan fingerprint density at radius 1 is 1.11 bits per heavy atom. The standard InChI is InChI=1S/C19H28N2O5S/c1-20-10-9-14-15(11-20)16(24-3)17-18(26-12-25-17)19(14)27(22,23)21(2)13-7-5-4-6-8-13/h13H,4-12H2,1-3H3. The van der Waals surface area contributed by atoms with Crippen molar-refractivity contribution in [2.24, 2.45) is 0 Å². The first-order valence-corrected chi connectivity index (χ1v) is 11.1. The molecule has 4 rings (SSSR count). The number of methoxy groups -OCH3 is 1. The maximum Gasteiger partial charge on any atom is 0.247 e. The molecule has 1 aromatic carbocycles. The van der Waals surface area contributed by atoms with Crippen molar-refractivity contribution in [2.45, 2.75) is 56.0 Å². The van der Waals surface area contributed by atoms with E-state index in [0.717, 1.165) is 43.4 Å². The van der Waals surface area contributed by atoms with Crippen LogP contribution in [-0.2, 0) is 23.0 Å². The van der Waals surface area contributed by atoms with Crippen molar-refractivity contribution >= 4 is 10.0 Å². The number of nitrogens with zero attached hydrogens (tertiary/aromatic N) is 2. The van der Waals surface area contributed by atoms with E-state index in [4.69, 9.17) is 14.2 Å². The van der Waals surface area contributed by atoms with Crippen LogP contribution in [0.5, 0.6) is 17.2 Å². The molecule has 0 amide bonds. The molecule has 7 nitrogen and oxygen atoms in total. The van der Waals surface area contributed by atoms with Gasteiger partial charge in [-0.05, 0) is 31.9 Å². The lowest BCUT2D eigenvalue weighted by Gasteiger charge is -2.33. The average Bonchev–Trinajstić information content (AvgIpc) is 3.14. The Balaban J connectivity index is 1.87. The first kappa shape index (κ1) is 18.8. The third-order valence-corrected chi connectivity index (χ3v) is 8.04. The topological polar surface area (TPSA) is 68.3 Å². The normalized spacial score (nSPS) is 20.7. The molecule has 0 unspecified atom stereocenters. The van der Waals surface area contributed by atoms with Gasteiger partial charge in [0.2, 0.25) is 22.6 Å². The van der Waals surface area contributed by atoms with E-state index >= 15 is 0 Å². The predicted octanol–water partition coefficient (Wildman–Crippen LogP) is 2.37. The van der Waals surface area contributed by atoms with Crippen LogP contribution in [-0.4, -0.2) is 58.2 Å². The summed E-state index contributed by atoms with van der Waals surface area (Å²) in [6.07, 6.45) is 5.81. The van der Waals surface area contributed by atoms with E-state index in [-0.39, 0.29) is 17.7 Å². The van der Waals surface area contributed by atoms with Crippen molar-refractivity contribution in [3.8, 4) is 17.2 Å². The second-order valence-electron chi connectivity index (χ2n) is 7.69. The van der Waals surface area contributed by atoms with Crippen molar-refractivity contribution in [1.29, 1.82) is 0 Å². The van der Waals surface area contributed by atoms with Gasteiger partial charge in [-0.25, -0.2) is 8.42 Å². The highest BCUT2D eigenvalue weighted by Gasteiger charge is 2.40. The zero-order valence-corrected chi connectivity index (χ0v) is 17.1. The molecule has 0 aromatic heterocycles. The van der Waals surface area contributed by atoms with E-state index in [1.165, 1.54) is 6.42 Å². The predicted molar refractivity (Wildman–Crippen MR) is 101 cm³/mol. The maximum absolute atomic E-state index is 13.7. The van der Waals surface area contributed by atoms with Crippen LogP contribution in [0.1, 0.15) is 43.2 Å². The highest BCUT2D eigenvalue weighted by molar-refractivity contribution is 7.89. The van der Waals surface area contributed by atoms with Crippen molar-refractivity contribution in [3.63, 3.8) is 0 Å². The zero-order valence-electron chi connectivity index (χ0n) is 16.3. The summed E-state index contributed by atoms with van der Waals surface area (Å²) in [6.45, 7) is 1.44. The van der Waals surface area contributed by atoms with Gasteiger partial charge in [-0.2, -0.15) is 4.31 Å². The van der Waals surface area contributed by atoms with E-state index in [2.05, 4.69) is 4.90 Å². The van der Waals surface area contributed by atoms with Gasteiger partial charge in [-0.1, -0.05) is 19.3 Å². The third kappa shape index (κ3) is 3.07. The fraction of sp³-hybridized carbons (Fsp3) is 0.684. The molecule has 3 aliphatic rings. The van der Waals surface area contributed by atoms with Crippen LogP contribution in [0.25, 0.3) is 0 Å². The Morgan fingerprint density at radius 3 is 2.52 bits per heavy atom.